The monoisotopic (exact) mass is 169 g/mol. The van der Waals surface area contributed by atoms with Gasteiger partial charge in [-0.3, -0.25) is 14.9 Å². The van der Waals surface area contributed by atoms with Gasteiger partial charge in [0.1, 0.15) is 0 Å². The molecule has 4 nitrogen and oxygen atoms in total. The predicted octanol–water partition coefficient (Wildman–Crippen LogP) is 1.33. The summed E-state index contributed by atoms with van der Waals surface area (Å²) in [5.41, 5.74) is 0. The molecule has 4 heteroatoms. The van der Waals surface area contributed by atoms with Crippen molar-refractivity contribution in [2.45, 2.75) is 31.7 Å². The van der Waals surface area contributed by atoms with Crippen LogP contribution in [0.3, 0.4) is 0 Å². The molecule has 0 aromatic carbocycles. The van der Waals surface area contributed by atoms with Crippen molar-refractivity contribution in [1.82, 2.24) is 0 Å². The Kier molecular flexibility index (Phi) is 2.96. The molecule has 1 aliphatic carbocycles. The summed E-state index contributed by atoms with van der Waals surface area (Å²) in [6, 6.07) is -0.963. The zero-order chi connectivity index (χ0) is 8.97. The molecule has 0 fully saturated rings. The highest BCUT2D eigenvalue weighted by Gasteiger charge is 2.28. The fourth-order valence-corrected chi connectivity index (χ4v) is 1.27. The molecule has 1 atom stereocenters. The third-order valence-electron chi connectivity index (χ3n) is 1.96. The van der Waals surface area contributed by atoms with Crippen molar-refractivity contribution in [1.29, 1.82) is 0 Å². The van der Waals surface area contributed by atoms with Crippen LogP contribution in [0.15, 0.2) is 12.2 Å². The number of hydrogen-bond acceptors (Lipinski definition) is 3. The molecule has 0 radical (unpaired) electrons. The molecule has 1 aliphatic rings. The third kappa shape index (κ3) is 2.15. The highest BCUT2D eigenvalue weighted by atomic mass is 16.6. The van der Waals surface area contributed by atoms with Gasteiger partial charge in [-0.15, -0.1) is 0 Å². The second-order valence-electron chi connectivity index (χ2n) is 2.85. The Labute approximate surface area is 70.4 Å². The van der Waals surface area contributed by atoms with E-state index >= 15 is 0 Å². The second kappa shape index (κ2) is 3.99. The van der Waals surface area contributed by atoms with E-state index in [0.717, 1.165) is 0 Å². The standard InChI is InChI=1S/C8H11NO3/c10-8-6-4-2-1-3-5-7(8)9(11)12/h1-2,7H,3-6H2/b2-1-. The topological polar surface area (TPSA) is 60.2 Å². The summed E-state index contributed by atoms with van der Waals surface area (Å²) >= 11 is 0. The van der Waals surface area contributed by atoms with Gasteiger partial charge in [-0.1, -0.05) is 12.2 Å². The van der Waals surface area contributed by atoms with Crippen LogP contribution in [0, 0.1) is 10.1 Å². The third-order valence-corrected chi connectivity index (χ3v) is 1.96. The Morgan fingerprint density at radius 3 is 2.75 bits per heavy atom. The molecule has 66 valence electrons. The predicted molar refractivity (Wildman–Crippen MR) is 43.4 cm³/mol. The van der Waals surface area contributed by atoms with Crippen molar-refractivity contribution in [3.63, 3.8) is 0 Å². The van der Waals surface area contributed by atoms with E-state index in [1.807, 2.05) is 12.2 Å². The zero-order valence-corrected chi connectivity index (χ0v) is 6.73. The van der Waals surface area contributed by atoms with Crippen LogP contribution < -0.4 is 0 Å². The summed E-state index contributed by atoms with van der Waals surface area (Å²) in [7, 11) is 0. The first-order valence-corrected chi connectivity index (χ1v) is 4.03. The molecule has 0 spiro atoms. The molecular weight excluding hydrogens is 158 g/mol. The summed E-state index contributed by atoms with van der Waals surface area (Å²) in [4.78, 5) is 21.1. The van der Waals surface area contributed by atoms with Crippen molar-refractivity contribution >= 4 is 5.78 Å². The van der Waals surface area contributed by atoms with E-state index in [4.69, 9.17) is 0 Å². The number of carbonyl (C=O) groups excluding carboxylic acids is 1. The smallest absolute Gasteiger partial charge is 0.270 e. The highest BCUT2D eigenvalue weighted by molar-refractivity contribution is 5.83. The lowest BCUT2D eigenvalue weighted by Gasteiger charge is -2.08. The molecule has 0 aromatic rings. The Balaban J connectivity index is 2.64. The van der Waals surface area contributed by atoms with Crippen molar-refractivity contribution in [3.8, 4) is 0 Å². The average Bonchev–Trinajstić information content (AvgIpc) is 1.96. The SMILES string of the molecule is O=C1CC/C=C\CCC1[N+](=O)[O-]. The van der Waals surface area contributed by atoms with E-state index < -0.39 is 11.0 Å². The Morgan fingerprint density at radius 2 is 2.08 bits per heavy atom. The molecule has 0 saturated heterocycles. The van der Waals surface area contributed by atoms with Crippen LogP contribution in [-0.2, 0) is 4.79 Å². The lowest BCUT2D eigenvalue weighted by Crippen LogP contribution is -2.29. The Morgan fingerprint density at radius 1 is 1.42 bits per heavy atom. The minimum absolute atomic E-state index is 0.232. The van der Waals surface area contributed by atoms with Gasteiger partial charge in [0.15, 0.2) is 0 Å². The van der Waals surface area contributed by atoms with Crippen LogP contribution in [0.4, 0.5) is 0 Å². The molecule has 12 heavy (non-hydrogen) atoms. The maximum atomic E-state index is 11.1. The van der Waals surface area contributed by atoms with Crippen molar-refractivity contribution in [2.24, 2.45) is 0 Å². The molecule has 0 aliphatic heterocycles. The molecule has 1 unspecified atom stereocenters. The van der Waals surface area contributed by atoms with Gasteiger partial charge in [0.25, 0.3) is 6.04 Å². The van der Waals surface area contributed by atoms with Gasteiger partial charge in [0, 0.05) is 17.8 Å². The number of nitrogens with zero attached hydrogens (tertiary/aromatic N) is 1. The number of hydrogen-bond donors (Lipinski definition) is 0. The molecular formula is C8H11NO3. The van der Waals surface area contributed by atoms with Gasteiger partial charge in [-0.05, 0) is 12.8 Å². The number of rotatable bonds is 1. The Hall–Kier alpha value is -1.19. The van der Waals surface area contributed by atoms with Crippen LogP contribution in [0.2, 0.25) is 0 Å². The molecule has 1 rings (SSSR count). The quantitative estimate of drug-likeness (QED) is 0.338. The van der Waals surface area contributed by atoms with Crippen LogP contribution >= 0.6 is 0 Å². The van der Waals surface area contributed by atoms with Gasteiger partial charge < -0.3 is 0 Å². The zero-order valence-electron chi connectivity index (χ0n) is 6.73. The van der Waals surface area contributed by atoms with Crippen LogP contribution in [0.25, 0.3) is 0 Å². The average molecular weight is 169 g/mol. The minimum Gasteiger partial charge on any atom is -0.292 e. The van der Waals surface area contributed by atoms with E-state index in [1.54, 1.807) is 0 Å². The second-order valence-corrected chi connectivity index (χ2v) is 2.85. The Bertz CT molecular complexity index is 222. The highest BCUT2D eigenvalue weighted by Crippen LogP contribution is 2.11. The minimum atomic E-state index is -0.963. The van der Waals surface area contributed by atoms with Crippen molar-refractivity contribution < 1.29 is 9.72 Å². The number of allylic oxidation sites excluding steroid dienone is 2. The number of ketones is 1. The van der Waals surface area contributed by atoms with Gasteiger partial charge in [0.2, 0.25) is 5.78 Å². The molecule has 0 saturated carbocycles. The number of carbonyl (C=O) groups is 1. The molecule has 0 N–H and O–H groups in total. The normalized spacial score (nSPS) is 27.3. The van der Waals surface area contributed by atoms with Gasteiger partial charge in [0.05, 0.1) is 0 Å². The fraction of sp³-hybridized carbons (Fsp3) is 0.625. The van der Waals surface area contributed by atoms with Gasteiger partial charge >= 0.3 is 0 Å². The van der Waals surface area contributed by atoms with Crippen LogP contribution in [0.1, 0.15) is 25.7 Å². The lowest BCUT2D eigenvalue weighted by atomic mass is 10.0. The van der Waals surface area contributed by atoms with E-state index in [0.29, 0.717) is 25.7 Å². The largest absolute Gasteiger partial charge is 0.292 e. The van der Waals surface area contributed by atoms with E-state index in [1.165, 1.54) is 0 Å². The fourth-order valence-electron chi connectivity index (χ4n) is 1.27. The lowest BCUT2D eigenvalue weighted by molar-refractivity contribution is -0.508. The van der Waals surface area contributed by atoms with Crippen molar-refractivity contribution in [3.05, 3.63) is 22.3 Å². The number of nitro groups is 1. The summed E-state index contributed by atoms with van der Waals surface area (Å²) in [5.74, 6) is -0.232. The first-order valence-electron chi connectivity index (χ1n) is 4.03. The van der Waals surface area contributed by atoms with E-state index in [9.17, 15) is 14.9 Å². The summed E-state index contributed by atoms with van der Waals surface area (Å²) < 4.78 is 0. The molecule has 0 amide bonds. The molecule has 0 aromatic heterocycles. The maximum absolute atomic E-state index is 11.1. The maximum Gasteiger partial charge on any atom is 0.270 e. The van der Waals surface area contributed by atoms with E-state index in [2.05, 4.69) is 0 Å². The van der Waals surface area contributed by atoms with Crippen LogP contribution in [-0.4, -0.2) is 16.7 Å². The molecule has 0 bridgehead atoms. The molecule has 0 heterocycles. The van der Waals surface area contributed by atoms with E-state index in [-0.39, 0.29) is 5.78 Å². The summed E-state index contributed by atoms with van der Waals surface area (Å²) in [6.45, 7) is 0. The summed E-state index contributed by atoms with van der Waals surface area (Å²) in [5, 5.41) is 10.4. The first kappa shape index (κ1) is 8.90. The summed E-state index contributed by atoms with van der Waals surface area (Å²) in [6.07, 6.45) is 5.75. The van der Waals surface area contributed by atoms with Crippen LogP contribution in [0.5, 0.6) is 0 Å². The number of Topliss-reactive ketones (excluding diaryl/α,β-unsaturated/α-hetero) is 1. The van der Waals surface area contributed by atoms with Gasteiger partial charge in [-0.25, -0.2) is 0 Å². The van der Waals surface area contributed by atoms with Gasteiger partial charge in [-0.2, -0.15) is 0 Å². The first-order chi connectivity index (χ1) is 5.72. The van der Waals surface area contributed by atoms with Crippen molar-refractivity contribution in [2.75, 3.05) is 0 Å².